The number of nitrogens with zero attached hydrogens (tertiary/aromatic N) is 1. The van der Waals surface area contributed by atoms with Gasteiger partial charge in [0.05, 0.1) is 0 Å². The number of urea groups is 1. The van der Waals surface area contributed by atoms with Gasteiger partial charge in [0.15, 0.2) is 0 Å². The van der Waals surface area contributed by atoms with Gasteiger partial charge < -0.3 is 10.6 Å². The molecule has 0 radical (unpaired) electrons. The normalized spacial score (nSPS) is 18.1. The van der Waals surface area contributed by atoms with Crippen LogP contribution in [0, 0.1) is 0 Å². The van der Waals surface area contributed by atoms with E-state index in [0.717, 1.165) is 11.3 Å². The van der Waals surface area contributed by atoms with Crippen molar-refractivity contribution in [3.8, 4) is 0 Å². The Labute approximate surface area is 120 Å². The second-order valence-corrected chi connectivity index (χ2v) is 5.90. The maximum Gasteiger partial charge on any atom is 0.325 e. The first kappa shape index (κ1) is 16.5. The van der Waals surface area contributed by atoms with E-state index in [2.05, 4.69) is 10.6 Å². The zero-order valence-electron chi connectivity index (χ0n) is 13.0. The number of nitrogens with one attached hydrogen (secondary N) is 2. The van der Waals surface area contributed by atoms with Crippen molar-refractivity contribution < 1.29 is 14.4 Å². The summed E-state index contributed by atoms with van der Waals surface area (Å²) < 4.78 is 0. The van der Waals surface area contributed by atoms with Crippen LogP contribution in [0.2, 0.25) is 0 Å². The maximum absolute atomic E-state index is 12.3. The third-order valence-electron chi connectivity index (χ3n) is 4.12. The van der Waals surface area contributed by atoms with Crippen LogP contribution >= 0.6 is 0 Å². The zero-order chi connectivity index (χ0) is 15.6. The number of rotatable bonds is 6. The van der Waals surface area contributed by atoms with Crippen LogP contribution in [0.15, 0.2) is 0 Å². The smallest absolute Gasteiger partial charge is 0.325 e. The van der Waals surface area contributed by atoms with Crippen molar-refractivity contribution in [3.05, 3.63) is 0 Å². The summed E-state index contributed by atoms with van der Waals surface area (Å²) in [5.41, 5.74) is -1.19. The number of hydrogen-bond donors (Lipinski definition) is 2. The molecule has 0 unspecified atom stereocenters. The van der Waals surface area contributed by atoms with Crippen LogP contribution in [0.5, 0.6) is 0 Å². The molecular formula is C14H25N3O3. The van der Waals surface area contributed by atoms with Crippen molar-refractivity contribution >= 4 is 17.8 Å². The number of amides is 4. The molecule has 114 valence electrons. The minimum absolute atomic E-state index is 0.226. The Bertz CT molecular complexity index is 414. The molecule has 1 heterocycles. The first-order chi connectivity index (χ1) is 9.21. The summed E-state index contributed by atoms with van der Waals surface area (Å²) in [6, 6.07) is -0.483. The molecule has 0 atom stereocenters. The van der Waals surface area contributed by atoms with Crippen LogP contribution < -0.4 is 10.6 Å². The number of imide groups is 1. The minimum atomic E-state index is -0.850. The molecule has 20 heavy (non-hydrogen) atoms. The van der Waals surface area contributed by atoms with Gasteiger partial charge in [0.2, 0.25) is 5.91 Å². The Morgan fingerprint density at radius 1 is 1.25 bits per heavy atom. The van der Waals surface area contributed by atoms with Gasteiger partial charge in [-0.15, -0.1) is 0 Å². The molecule has 0 aromatic carbocycles. The maximum atomic E-state index is 12.3. The molecule has 1 rings (SSSR count). The van der Waals surface area contributed by atoms with Gasteiger partial charge in [-0.3, -0.25) is 14.5 Å². The van der Waals surface area contributed by atoms with Crippen LogP contribution in [0.3, 0.4) is 0 Å². The van der Waals surface area contributed by atoms with E-state index < -0.39 is 11.6 Å². The SMILES string of the molecule is CCC(C)(C)NC(=O)CN1C(=O)NC(CC)(CC)C1=O. The molecule has 4 amide bonds. The number of hydrogen-bond acceptors (Lipinski definition) is 3. The summed E-state index contributed by atoms with van der Waals surface area (Å²) in [7, 11) is 0. The topological polar surface area (TPSA) is 78.5 Å². The second kappa shape index (κ2) is 5.81. The van der Waals surface area contributed by atoms with Crippen LogP contribution in [0.25, 0.3) is 0 Å². The molecule has 6 heteroatoms. The molecular weight excluding hydrogens is 258 g/mol. The molecule has 0 aromatic rings. The van der Waals surface area contributed by atoms with Crippen LogP contribution in [0.4, 0.5) is 4.79 Å². The highest BCUT2D eigenvalue weighted by atomic mass is 16.2. The van der Waals surface area contributed by atoms with E-state index in [1.54, 1.807) is 0 Å². The van der Waals surface area contributed by atoms with Gasteiger partial charge in [-0.05, 0) is 33.1 Å². The van der Waals surface area contributed by atoms with Crippen molar-refractivity contribution in [2.75, 3.05) is 6.54 Å². The van der Waals surface area contributed by atoms with E-state index in [1.807, 2.05) is 34.6 Å². The minimum Gasteiger partial charge on any atom is -0.350 e. The fraction of sp³-hybridized carbons (Fsp3) is 0.786. The Kier molecular flexibility index (Phi) is 4.78. The predicted molar refractivity (Wildman–Crippen MR) is 76.1 cm³/mol. The Balaban J connectivity index is 2.76. The molecule has 1 aliphatic heterocycles. The quantitative estimate of drug-likeness (QED) is 0.723. The molecule has 6 nitrogen and oxygen atoms in total. The lowest BCUT2D eigenvalue weighted by Crippen LogP contribution is -2.49. The molecule has 1 aliphatic rings. The number of carbonyl (C=O) groups is 3. The summed E-state index contributed by atoms with van der Waals surface area (Å²) in [6.07, 6.45) is 1.81. The van der Waals surface area contributed by atoms with E-state index in [0.29, 0.717) is 12.8 Å². The first-order valence-corrected chi connectivity index (χ1v) is 7.16. The predicted octanol–water partition coefficient (Wildman–Crippen LogP) is 1.40. The van der Waals surface area contributed by atoms with E-state index >= 15 is 0 Å². The van der Waals surface area contributed by atoms with E-state index in [4.69, 9.17) is 0 Å². The van der Waals surface area contributed by atoms with Gasteiger partial charge in [-0.2, -0.15) is 0 Å². The molecule has 1 saturated heterocycles. The monoisotopic (exact) mass is 283 g/mol. The molecule has 0 aromatic heterocycles. The summed E-state index contributed by atoms with van der Waals surface area (Å²) in [4.78, 5) is 37.2. The molecule has 0 spiro atoms. The highest BCUT2D eigenvalue weighted by molar-refractivity contribution is 6.09. The molecule has 2 N–H and O–H groups in total. The number of carbonyl (C=O) groups excluding carboxylic acids is 3. The lowest BCUT2D eigenvalue weighted by Gasteiger charge is -2.26. The molecule has 0 aliphatic carbocycles. The zero-order valence-corrected chi connectivity index (χ0v) is 13.0. The molecule has 1 fully saturated rings. The van der Waals surface area contributed by atoms with Crippen molar-refractivity contribution in [1.29, 1.82) is 0 Å². The lowest BCUT2D eigenvalue weighted by molar-refractivity contribution is -0.135. The highest BCUT2D eigenvalue weighted by Crippen LogP contribution is 2.24. The fourth-order valence-corrected chi connectivity index (χ4v) is 2.20. The second-order valence-electron chi connectivity index (χ2n) is 5.90. The average Bonchev–Trinajstić information content (AvgIpc) is 2.63. The van der Waals surface area contributed by atoms with Gasteiger partial charge in [0, 0.05) is 5.54 Å². The van der Waals surface area contributed by atoms with E-state index in [1.165, 1.54) is 0 Å². The van der Waals surface area contributed by atoms with Crippen molar-refractivity contribution in [1.82, 2.24) is 15.5 Å². The summed E-state index contributed by atoms with van der Waals surface area (Å²) in [6.45, 7) is 9.25. The molecule has 0 bridgehead atoms. The van der Waals surface area contributed by atoms with E-state index in [-0.39, 0.29) is 23.9 Å². The summed E-state index contributed by atoms with van der Waals surface area (Å²) in [5.74, 6) is -0.625. The van der Waals surface area contributed by atoms with Gasteiger partial charge in [0.1, 0.15) is 12.1 Å². The van der Waals surface area contributed by atoms with Crippen LogP contribution in [-0.2, 0) is 9.59 Å². The van der Waals surface area contributed by atoms with E-state index in [9.17, 15) is 14.4 Å². The third-order valence-corrected chi connectivity index (χ3v) is 4.12. The Hall–Kier alpha value is -1.59. The highest BCUT2D eigenvalue weighted by Gasteiger charge is 2.49. The fourth-order valence-electron chi connectivity index (χ4n) is 2.20. The Morgan fingerprint density at radius 3 is 2.20 bits per heavy atom. The van der Waals surface area contributed by atoms with Crippen molar-refractivity contribution in [3.63, 3.8) is 0 Å². The van der Waals surface area contributed by atoms with Gasteiger partial charge in [0.25, 0.3) is 5.91 Å². The lowest BCUT2D eigenvalue weighted by atomic mass is 9.93. The van der Waals surface area contributed by atoms with Crippen LogP contribution in [0.1, 0.15) is 53.9 Å². The standard InChI is InChI=1S/C14H25N3O3/c1-6-13(4,5)15-10(18)9-17-11(19)14(7-2,8-3)16-12(17)20/h6-9H2,1-5H3,(H,15,18)(H,16,20). The largest absolute Gasteiger partial charge is 0.350 e. The summed E-state index contributed by atoms with van der Waals surface area (Å²) >= 11 is 0. The van der Waals surface area contributed by atoms with Gasteiger partial charge >= 0.3 is 6.03 Å². The molecule has 0 saturated carbocycles. The van der Waals surface area contributed by atoms with Gasteiger partial charge in [-0.25, -0.2) is 4.79 Å². The van der Waals surface area contributed by atoms with Crippen LogP contribution in [-0.4, -0.2) is 40.4 Å². The summed E-state index contributed by atoms with van der Waals surface area (Å²) in [5, 5.41) is 5.53. The first-order valence-electron chi connectivity index (χ1n) is 7.16. The Morgan fingerprint density at radius 2 is 1.80 bits per heavy atom. The van der Waals surface area contributed by atoms with Crippen molar-refractivity contribution in [2.45, 2.75) is 65.0 Å². The van der Waals surface area contributed by atoms with Crippen molar-refractivity contribution in [2.24, 2.45) is 0 Å². The third kappa shape index (κ3) is 3.11. The average molecular weight is 283 g/mol. The van der Waals surface area contributed by atoms with Gasteiger partial charge in [-0.1, -0.05) is 20.8 Å².